The number of hydrogen-bond acceptors (Lipinski definition) is 5. The average molecular weight is 276 g/mol. The second kappa shape index (κ2) is 6.71. The smallest absolute Gasteiger partial charge is 0.123 e. The molecule has 0 aliphatic carbocycles. The molecule has 2 atom stereocenters. The zero-order valence-electron chi connectivity index (χ0n) is 12.1. The summed E-state index contributed by atoms with van der Waals surface area (Å²) in [7, 11) is 5.05. The normalized spacial score (nSPS) is 22.7. The van der Waals surface area contributed by atoms with Crippen molar-refractivity contribution < 1.29 is 14.2 Å². The van der Waals surface area contributed by atoms with E-state index >= 15 is 0 Å². The molecule has 1 aromatic carbocycles. The molecule has 1 heterocycles. The first-order chi connectivity index (χ1) is 9.71. The van der Waals surface area contributed by atoms with Gasteiger partial charge in [0, 0.05) is 39.4 Å². The van der Waals surface area contributed by atoms with Crippen LogP contribution in [0.2, 0.25) is 0 Å². The molecular formula is C15H20N2O3. The number of nitriles is 1. The molecule has 1 saturated heterocycles. The zero-order chi connectivity index (χ0) is 14.5. The quantitative estimate of drug-likeness (QED) is 0.814. The molecule has 0 spiro atoms. The number of methoxy groups -OCH3 is 3. The Bertz CT molecular complexity index is 486. The van der Waals surface area contributed by atoms with Crippen LogP contribution in [0.4, 0.5) is 0 Å². The van der Waals surface area contributed by atoms with Gasteiger partial charge in [-0.2, -0.15) is 5.26 Å². The van der Waals surface area contributed by atoms with Gasteiger partial charge in [0.25, 0.3) is 0 Å². The summed E-state index contributed by atoms with van der Waals surface area (Å²) in [5.74, 6) is 0.804. The molecule has 0 radical (unpaired) electrons. The summed E-state index contributed by atoms with van der Waals surface area (Å²) < 4.78 is 16.2. The van der Waals surface area contributed by atoms with E-state index in [0.29, 0.717) is 5.56 Å². The van der Waals surface area contributed by atoms with Crippen LogP contribution in [0, 0.1) is 11.3 Å². The molecule has 0 amide bonds. The second-order valence-corrected chi connectivity index (χ2v) is 4.88. The Hall–Kier alpha value is -1.61. The van der Waals surface area contributed by atoms with E-state index in [4.69, 9.17) is 19.5 Å². The first-order valence-corrected chi connectivity index (χ1v) is 6.56. The van der Waals surface area contributed by atoms with E-state index in [1.165, 1.54) is 0 Å². The maximum atomic E-state index is 9.00. The minimum Gasteiger partial charge on any atom is -0.496 e. The lowest BCUT2D eigenvalue weighted by atomic mass is 10.1. The number of benzene rings is 1. The molecule has 0 aromatic heterocycles. The third-order valence-electron chi connectivity index (χ3n) is 3.70. The van der Waals surface area contributed by atoms with Crippen molar-refractivity contribution in [1.82, 2.24) is 4.90 Å². The maximum Gasteiger partial charge on any atom is 0.123 e. The lowest BCUT2D eigenvalue weighted by Gasteiger charge is -2.17. The van der Waals surface area contributed by atoms with Crippen molar-refractivity contribution in [3.63, 3.8) is 0 Å². The van der Waals surface area contributed by atoms with Gasteiger partial charge in [-0.1, -0.05) is 0 Å². The van der Waals surface area contributed by atoms with Crippen LogP contribution < -0.4 is 4.74 Å². The molecule has 2 rings (SSSR count). The number of nitrogens with zero attached hydrogens (tertiary/aromatic N) is 2. The Kier molecular flexibility index (Phi) is 4.96. The van der Waals surface area contributed by atoms with Gasteiger partial charge in [0.1, 0.15) is 5.75 Å². The Morgan fingerprint density at radius 2 is 1.85 bits per heavy atom. The van der Waals surface area contributed by atoms with Crippen molar-refractivity contribution in [2.24, 2.45) is 0 Å². The number of likely N-dealkylation sites (tertiary alicyclic amines) is 1. The van der Waals surface area contributed by atoms with Gasteiger partial charge < -0.3 is 14.2 Å². The van der Waals surface area contributed by atoms with E-state index in [1.807, 2.05) is 12.1 Å². The molecular weight excluding hydrogens is 256 g/mol. The summed E-state index contributed by atoms with van der Waals surface area (Å²) in [6.45, 7) is 2.35. The Labute approximate surface area is 119 Å². The van der Waals surface area contributed by atoms with Crippen LogP contribution in [0.5, 0.6) is 5.75 Å². The first kappa shape index (κ1) is 14.8. The van der Waals surface area contributed by atoms with Crippen molar-refractivity contribution in [2.45, 2.75) is 18.8 Å². The van der Waals surface area contributed by atoms with Gasteiger partial charge in [0.05, 0.1) is 31.0 Å². The van der Waals surface area contributed by atoms with Gasteiger partial charge in [-0.05, 0) is 18.2 Å². The molecule has 2 unspecified atom stereocenters. The van der Waals surface area contributed by atoms with Gasteiger partial charge in [0.2, 0.25) is 0 Å². The van der Waals surface area contributed by atoms with Gasteiger partial charge in [-0.15, -0.1) is 0 Å². The highest BCUT2D eigenvalue weighted by Gasteiger charge is 2.33. The molecule has 1 fully saturated rings. The van der Waals surface area contributed by atoms with Crippen LogP contribution in [0.1, 0.15) is 11.1 Å². The molecule has 20 heavy (non-hydrogen) atoms. The lowest BCUT2D eigenvalue weighted by molar-refractivity contribution is -0.00461. The molecule has 1 aliphatic rings. The van der Waals surface area contributed by atoms with Crippen LogP contribution in [0.15, 0.2) is 18.2 Å². The molecule has 5 nitrogen and oxygen atoms in total. The maximum absolute atomic E-state index is 9.00. The molecule has 108 valence electrons. The monoisotopic (exact) mass is 276 g/mol. The molecule has 0 N–H and O–H groups in total. The third kappa shape index (κ3) is 3.10. The third-order valence-corrected chi connectivity index (χ3v) is 3.70. The minimum atomic E-state index is 0.0881. The second-order valence-electron chi connectivity index (χ2n) is 4.88. The number of rotatable bonds is 5. The highest BCUT2D eigenvalue weighted by Crippen LogP contribution is 2.24. The molecule has 1 aromatic rings. The molecule has 5 heteroatoms. The first-order valence-electron chi connectivity index (χ1n) is 6.56. The number of hydrogen-bond donors (Lipinski definition) is 0. The van der Waals surface area contributed by atoms with Gasteiger partial charge in [0.15, 0.2) is 0 Å². The van der Waals surface area contributed by atoms with Crippen LogP contribution in [0.3, 0.4) is 0 Å². The summed E-state index contributed by atoms with van der Waals surface area (Å²) in [5.41, 5.74) is 1.66. The Morgan fingerprint density at radius 3 is 2.35 bits per heavy atom. The molecule has 0 saturated carbocycles. The standard InChI is InChI=1S/C15H20N2O3/c1-18-13-5-4-11(7-16)6-12(13)8-17-9-14(19-2)15(10-17)20-3/h4-6,14-15H,8-10H2,1-3H3. The van der Waals surface area contributed by atoms with Crippen LogP contribution in [-0.4, -0.2) is 51.5 Å². The summed E-state index contributed by atoms with van der Waals surface area (Å²) in [4.78, 5) is 2.25. The van der Waals surface area contributed by atoms with Gasteiger partial charge >= 0.3 is 0 Å². The van der Waals surface area contributed by atoms with E-state index in [9.17, 15) is 0 Å². The molecule has 0 bridgehead atoms. The summed E-state index contributed by atoms with van der Waals surface area (Å²) in [6.07, 6.45) is 0.176. The van der Waals surface area contributed by atoms with Crippen LogP contribution in [-0.2, 0) is 16.0 Å². The van der Waals surface area contributed by atoms with Crippen molar-refractivity contribution >= 4 is 0 Å². The van der Waals surface area contributed by atoms with Gasteiger partial charge in [-0.3, -0.25) is 4.90 Å². The highest BCUT2D eigenvalue weighted by atomic mass is 16.5. The predicted molar refractivity (Wildman–Crippen MR) is 74.6 cm³/mol. The van der Waals surface area contributed by atoms with Crippen molar-refractivity contribution in [2.75, 3.05) is 34.4 Å². The van der Waals surface area contributed by atoms with E-state index in [-0.39, 0.29) is 12.2 Å². The fourth-order valence-corrected chi connectivity index (χ4v) is 2.61. The van der Waals surface area contributed by atoms with E-state index in [0.717, 1.165) is 30.9 Å². The SMILES string of the molecule is COc1ccc(C#N)cc1CN1CC(OC)C(OC)C1. The topological polar surface area (TPSA) is 54.7 Å². The fraction of sp³-hybridized carbons (Fsp3) is 0.533. The Morgan fingerprint density at radius 1 is 1.20 bits per heavy atom. The van der Waals surface area contributed by atoms with E-state index < -0.39 is 0 Å². The fourth-order valence-electron chi connectivity index (χ4n) is 2.61. The highest BCUT2D eigenvalue weighted by molar-refractivity contribution is 5.42. The van der Waals surface area contributed by atoms with E-state index in [2.05, 4.69) is 11.0 Å². The van der Waals surface area contributed by atoms with Crippen molar-refractivity contribution in [3.8, 4) is 11.8 Å². The average Bonchev–Trinajstić information content (AvgIpc) is 2.89. The Balaban J connectivity index is 2.12. The number of ether oxygens (including phenoxy) is 3. The van der Waals surface area contributed by atoms with Crippen molar-refractivity contribution in [3.05, 3.63) is 29.3 Å². The summed E-state index contributed by atoms with van der Waals surface area (Å²) in [5, 5.41) is 9.00. The van der Waals surface area contributed by atoms with Crippen LogP contribution in [0.25, 0.3) is 0 Å². The summed E-state index contributed by atoms with van der Waals surface area (Å²) in [6, 6.07) is 7.64. The largest absolute Gasteiger partial charge is 0.496 e. The van der Waals surface area contributed by atoms with Crippen molar-refractivity contribution in [1.29, 1.82) is 5.26 Å². The van der Waals surface area contributed by atoms with Gasteiger partial charge in [-0.25, -0.2) is 0 Å². The predicted octanol–water partition coefficient (Wildman–Crippen LogP) is 1.41. The molecule has 1 aliphatic heterocycles. The lowest BCUT2D eigenvalue weighted by Crippen LogP contribution is -2.27. The van der Waals surface area contributed by atoms with E-state index in [1.54, 1.807) is 27.4 Å². The van der Waals surface area contributed by atoms with Crippen LogP contribution >= 0.6 is 0 Å². The zero-order valence-corrected chi connectivity index (χ0v) is 12.1. The summed E-state index contributed by atoms with van der Waals surface area (Å²) >= 11 is 0. The minimum absolute atomic E-state index is 0.0881.